The molecule has 0 heterocycles. The first kappa shape index (κ1) is 20.9. The van der Waals surface area contributed by atoms with Crippen molar-refractivity contribution in [2.75, 3.05) is 14.1 Å². The summed E-state index contributed by atoms with van der Waals surface area (Å²) in [6.07, 6.45) is 8.13. The molecule has 1 N–H and O–H groups in total. The summed E-state index contributed by atoms with van der Waals surface area (Å²) in [6, 6.07) is 0. The summed E-state index contributed by atoms with van der Waals surface area (Å²) in [4.78, 5) is 12.3. The summed E-state index contributed by atoms with van der Waals surface area (Å²) in [7, 11) is 6.42. The first-order valence-electron chi connectivity index (χ1n) is 8.32. The van der Waals surface area contributed by atoms with E-state index in [2.05, 4.69) is 35.3 Å². The summed E-state index contributed by atoms with van der Waals surface area (Å²) in [5.41, 5.74) is -0.316. The SMILES string of the molecule is CCCC(C)(P)C(=O)OC(C)(C)C1CCCCC1.CNC. The Labute approximate surface area is 134 Å². The molecule has 1 aliphatic rings. The zero-order chi connectivity index (χ0) is 16.5. The van der Waals surface area contributed by atoms with Crippen molar-refractivity contribution in [3.8, 4) is 0 Å². The molecule has 2 unspecified atom stereocenters. The van der Waals surface area contributed by atoms with Crippen LogP contribution in [0, 0.1) is 5.92 Å². The molecule has 0 aromatic carbocycles. The summed E-state index contributed by atoms with van der Waals surface area (Å²) in [5, 5.41) is 2.32. The van der Waals surface area contributed by atoms with E-state index in [1.807, 2.05) is 21.0 Å². The monoisotopic (exact) mass is 317 g/mol. The van der Waals surface area contributed by atoms with Gasteiger partial charge in [-0.3, -0.25) is 4.79 Å². The molecular weight excluding hydrogens is 281 g/mol. The quantitative estimate of drug-likeness (QED) is 0.611. The van der Waals surface area contributed by atoms with E-state index in [0.717, 1.165) is 12.8 Å². The fourth-order valence-corrected chi connectivity index (χ4v) is 3.21. The van der Waals surface area contributed by atoms with Crippen LogP contribution in [0.25, 0.3) is 0 Å². The molecule has 0 amide bonds. The number of carbonyl (C=O) groups is 1. The van der Waals surface area contributed by atoms with E-state index in [0.29, 0.717) is 5.92 Å². The second kappa shape index (κ2) is 9.79. The fraction of sp³-hybridized carbons (Fsp3) is 0.941. The molecule has 1 rings (SSSR count). The lowest BCUT2D eigenvalue weighted by Crippen LogP contribution is -2.43. The van der Waals surface area contributed by atoms with Crippen molar-refractivity contribution >= 4 is 15.2 Å². The van der Waals surface area contributed by atoms with Gasteiger partial charge in [0, 0.05) is 0 Å². The minimum Gasteiger partial charge on any atom is -0.459 e. The number of hydrogen-bond acceptors (Lipinski definition) is 3. The molecule has 126 valence electrons. The van der Waals surface area contributed by atoms with Crippen molar-refractivity contribution in [1.29, 1.82) is 0 Å². The number of ether oxygens (including phenoxy) is 1. The molecule has 4 heteroatoms. The van der Waals surface area contributed by atoms with Crippen molar-refractivity contribution in [3.63, 3.8) is 0 Å². The van der Waals surface area contributed by atoms with Crippen LogP contribution in [0.15, 0.2) is 0 Å². The zero-order valence-corrected chi connectivity index (χ0v) is 16.1. The Hall–Kier alpha value is -0.140. The van der Waals surface area contributed by atoms with Gasteiger partial charge in [-0.2, -0.15) is 0 Å². The van der Waals surface area contributed by atoms with Gasteiger partial charge in [0.1, 0.15) is 5.60 Å². The van der Waals surface area contributed by atoms with Crippen LogP contribution in [0.3, 0.4) is 0 Å². The van der Waals surface area contributed by atoms with E-state index in [1.165, 1.54) is 32.1 Å². The fourth-order valence-electron chi connectivity index (χ4n) is 2.86. The summed E-state index contributed by atoms with van der Waals surface area (Å²) < 4.78 is 5.83. The normalized spacial score (nSPS) is 19.2. The van der Waals surface area contributed by atoms with E-state index in [4.69, 9.17) is 4.74 Å². The Bertz CT molecular complexity index is 297. The Morgan fingerprint density at radius 1 is 1.19 bits per heavy atom. The van der Waals surface area contributed by atoms with Crippen molar-refractivity contribution in [3.05, 3.63) is 0 Å². The highest BCUT2D eigenvalue weighted by atomic mass is 31.0. The third kappa shape index (κ3) is 7.61. The molecule has 0 bridgehead atoms. The van der Waals surface area contributed by atoms with E-state index in [9.17, 15) is 4.79 Å². The predicted molar refractivity (Wildman–Crippen MR) is 94.8 cm³/mol. The smallest absolute Gasteiger partial charge is 0.316 e. The van der Waals surface area contributed by atoms with Gasteiger partial charge in [0.05, 0.1) is 5.16 Å². The average Bonchev–Trinajstić information content (AvgIpc) is 2.40. The van der Waals surface area contributed by atoms with Crippen LogP contribution in [-0.2, 0) is 9.53 Å². The molecule has 0 aromatic rings. The van der Waals surface area contributed by atoms with E-state index in [1.54, 1.807) is 0 Å². The Balaban J connectivity index is 0.00000122. The van der Waals surface area contributed by atoms with Crippen LogP contribution >= 0.6 is 9.24 Å². The third-order valence-corrected chi connectivity index (χ3v) is 4.70. The molecule has 0 spiro atoms. The molecule has 3 nitrogen and oxygen atoms in total. The van der Waals surface area contributed by atoms with Gasteiger partial charge in [0.25, 0.3) is 0 Å². The van der Waals surface area contributed by atoms with Crippen molar-refractivity contribution in [2.45, 2.75) is 83.4 Å². The van der Waals surface area contributed by atoms with Crippen molar-refractivity contribution < 1.29 is 9.53 Å². The number of nitrogens with one attached hydrogen (secondary N) is 1. The van der Waals surface area contributed by atoms with E-state index >= 15 is 0 Å². The Morgan fingerprint density at radius 3 is 2.10 bits per heavy atom. The largest absolute Gasteiger partial charge is 0.459 e. The predicted octanol–water partition coefficient (Wildman–Crippen LogP) is 4.16. The van der Waals surface area contributed by atoms with Gasteiger partial charge < -0.3 is 10.1 Å². The molecule has 0 aromatic heterocycles. The first-order valence-corrected chi connectivity index (χ1v) is 8.89. The first-order chi connectivity index (χ1) is 9.71. The lowest BCUT2D eigenvalue weighted by molar-refractivity contribution is -0.166. The summed E-state index contributed by atoms with van der Waals surface area (Å²) in [6.45, 7) is 8.21. The highest BCUT2D eigenvalue weighted by Crippen LogP contribution is 2.37. The minimum absolute atomic E-state index is 0.0649. The average molecular weight is 317 g/mol. The molecule has 1 aliphatic carbocycles. The number of esters is 1. The topological polar surface area (TPSA) is 38.3 Å². The molecule has 0 radical (unpaired) electrons. The van der Waals surface area contributed by atoms with Gasteiger partial charge >= 0.3 is 5.97 Å². The van der Waals surface area contributed by atoms with Gasteiger partial charge in [-0.05, 0) is 60.0 Å². The second-order valence-corrected chi connectivity index (χ2v) is 8.27. The number of rotatable bonds is 5. The van der Waals surface area contributed by atoms with Crippen molar-refractivity contribution in [1.82, 2.24) is 5.32 Å². The maximum atomic E-state index is 12.3. The van der Waals surface area contributed by atoms with Crippen LogP contribution in [0.4, 0.5) is 0 Å². The number of carbonyl (C=O) groups excluding carboxylic acids is 1. The lowest BCUT2D eigenvalue weighted by atomic mass is 9.78. The number of hydrogen-bond donors (Lipinski definition) is 1. The standard InChI is InChI=1S/C15H29O2P.C2H7N/c1-5-11-15(4,18)13(16)17-14(2,3)12-9-7-6-8-10-12;1-3-2/h12H,5-11,18H2,1-4H3;3H,1-2H3. The molecule has 21 heavy (non-hydrogen) atoms. The van der Waals surface area contributed by atoms with E-state index < -0.39 is 5.16 Å². The highest BCUT2D eigenvalue weighted by molar-refractivity contribution is 7.20. The van der Waals surface area contributed by atoms with Gasteiger partial charge in [-0.1, -0.05) is 32.6 Å². The highest BCUT2D eigenvalue weighted by Gasteiger charge is 2.38. The molecule has 1 fully saturated rings. The van der Waals surface area contributed by atoms with E-state index in [-0.39, 0.29) is 11.6 Å². The molecule has 1 saturated carbocycles. The molecule has 0 saturated heterocycles. The zero-order valence-electron chi connectivity index (χ0n) is 14.9. The van der Waals surface area contributed by atoms with Gasteiger partial charge in [-0.25, -0.2) is 0 Å². The van der Waals surface area contributed by atoms with Gasteiger partial charge in [0.15, 0.2) is 0 Å². The van der Waals surface area contributed by atoms with Gasteiger partial charge in [-0.15, -0.1) is 9.24 Å². The summed E-state index contributed by atoms with van der Waals surface area (Å²) >= 11 is 0. The maximum absolute atomic E-state index is 12.3. The Kier molecular flexibility index (Phi) is 9.73. The molecule has 0 aliphatic heterocycles. The van der Waals surface area contributed by atoms with Crippen LogP contribution in [0.2, 0.25) is 0 Å². The summed E-state index contributed by atoms with van der Waals surface area (Å²) in [5.74, 6) is 0.461. The van der Waals surface area contributed by atoms with Crippen LogP contribution in [0.1, 0.15) is 72.6 Å². The maximum Gasteiger partial charge on any atom is 0.316 e. The van der Waals surface area contributed by atoms with Gasteiger partial charge in [0.2, 0.25) is 0 Å². The second-order valence-electron chi connectivity index (χ2n) is 7.00. The van der Waals surface area contributed by atoms with Crippen LogP contribution in [-0.4, -0.2) is 30.8 Å². The Morgan fingerprint density at radius 2 is 1.67 bits per heavy atom. The van der Waals surface area contributed by atoms with Crippen LogP contribution < -0.4 is 5.32 Å². The van der Waals surface area contributed by atoms with Crippen LogP contribution in [0.5, 0.6) is 0 Å². The molecule has 2 atom stereocenters. The molecular formula is C17H36NO2P. The lowest BCUT2D eigenvalue weighted by Gasteiger charge is -2.38. The van der Waals surface area contributed by atoms with Crippen molar-refractivity contribution in [2.24, 2.45) is 5.92 Å². The third-order valence-electron chi connectivity index (χ3n) is 4.18. The minimum atomic E-state index is -0.430.